The van der Waals surface area contributed by atoms with E-state index in [1.165, 1.54) is 11.6 Å². The lowest BCUT2D eigenvalue weighted by Gasteiger charge is -2.16. The molecule has 0 aliphatic carbocycles. The van der Waals surface area contributed by atoms with Crippen molar-refractivity contribution in [3.8, 4) is 5.75 Å². The quantitative estimate of drug-likeness (QED) is 0.255. The summed E-state index contributed by atoms with van der Waals surface area (Å²) in [7, 11) is 0. The van der Waals surface area contributed by atoms with Gasteiger partial charge < -0.3 is 19.0 Å². The van der Waals surface area contributed by atoms with Crippen LogP contribution in [-0.4, -0.2) is 30.3 Å². The minimum absolute atomic E-state index is 0.0127. The number of aromatic hydroxyl groups is 1. The first-order valence-corrected chi connectivity index (χ1v) is 12.5. The van der Waals surface area contributed by atoms with E-state index in [9.17, 15) is 19.5 Å². The number of carbonyl (C=O) groups excluding carboxylic acids is 2. The Balaban J connectivity index is 1.89. The fourth-order valence-corrected chi connectivity index (χ4v) is 4.40. The number of hydrogen-bond donors (Lipinski definition) is 1. The molecule has 0 bridgehead atoms. The molecular weight excluding hydrogens is 460 g/mol. The number of esters is 2. The molecule has 36 heavy (non-hydrogen) atoms. The molecule has 0 aliphatic rings. The summed E-state index contributed by atoms with van der Waals surface area (Å²) >= 11 is 0. The number of benzene rings is 2. The van der Waals surface area contributed by atoms with Crippen LogP contribution in [-0.2, 0) is 27.1 Å². The molecule has 0 saturated heterocycles. The molecule has 0 radical (unpaired) electrons. The van der Waals surface area contributed by atoms with Gasteiger partial charge in [0, 0.05) is 17.4 Å². The molecule has 1 heterocycles. The number of fused-ring (bicyclic) bond motifs is 1. The maximum Gasteiger partial charge on any atom is 0.340 e. The Hall–Kier alpha value is -3.61. The lowest BCUT2D eigenvalue weighted by atomic mass is 9.91. The molecule has 0 fully saturated rings. The third kappa shape index (κ3) is 6.74. The smallest absolute Gasteiger partial charge is 0.340 e. The van der Waals surface area contributed by atoms with Gasteiger partial charge in [-0.15, -0.1) is 0 Å². The van der Waals surface area contributed by atoms with Crippen LogP contribution in [0.25, 0.3) is 11.0 Å². The van der Waals surface area contributed by atoms with E-state index in [1.807, 2.05) is 25.1 Å². The molecule has 0 amide bonds. The highest BCUT2D eigenvalue weighted by Crippen LogP contribution is 2.35. The number of hydrogen-bond acceptors (Lipinski definition) is 7. The Labute approximate surface area is 211 Å². The van der Waals surface area contributed by atoms with Crippen molar-refractivity contribution >= 4 is 22.9 Å². The molecule has 3 rings (SSSR count). The standard InChI is InChI=1S/C29H34O7/c1-4-34-26(31)16-10-15-21-27(29(33)35-5-2)23-17-24(30)22(18-25(23)36-28(21)32)19(3)11-9-14-20-12-7-6-8-13-20/h6-8,12-13,17-19,30H,4-5,9-11,14-16H2,1-3H3. The summed E-state index contributed by atoms with van der Waals surface area (Å²) in [5.74, 6) is -0.987. The summed E-state index contributed by atoms with van der Waals surface area (Å²) in [5, 5.41) is 11.2. The van der Waals surface area contributed by atoms with Crippen molar-refractivity contribution < 1.29 is 28.6 Å². The van der Waals surface area contributed by atoms with Crippen LogP contribution in [0.4, 0.5) is 0 Å². The van der Waals surface area contributed by atoms with E-state index >= 15 is 0 Å². The number of phenolic OH excluding ortho intramolecular Hbond substituents is 1. The fourth-order valence-electron chi connectivity index (χ4n) is 4.40. The molecule has 0 spiro atoms. The van der Waals surface area contributed by atoms with E-state index in [4.69, 9.17) is 13.9 Å². The molecule has 0 aliphatic heterocycles. The van der Waals surface area contributed by atoms with Crippen LogP contribution in [0, 0.1) is 0 Å². The van der Waals surface area contributed by atoms with Crippen molar-refractivity contribution in [2.24, 2.45) is 0 Å². The van der Waals surface area contributed by atoms with Gasteiger partial charge in [-0.05, 0) is 69.6 Å². The first kappa shape index (κ1) is 27.0. The molecule has 1 atom stereocenters. The Bertz CT molecular complexity index is 1240. The first-order valence-electron chi connectivity index (χ1n) is 12.5. The zero-order valence-corrected chi connectivity index (χ0v) is 21.2. The Morgan fingerprint density at radius 2 is 1.72 bits per heavy atom. The van der Waals surface area contributed by atoms with Gasteiger partial charge in [0.1, 0.15) is 11.3 Å². The predicted molar refractivity (Wildman–Crippen MR) is 137 cm³/mol. The second kappa shape index (κ2) is 12.9. The van der Waals surface area contributed by atoms with Crippen LogP contribution in [0.5, 0.6) is 5.75 Å². The van der Waals surface area contributed by atoms with Crippen LogP contribution in [0.2, 0.25) is 0 Å². The molecule has 1 unspecified atom stereocenters. The Morgan fingerprint density at radius 3 is 2.42 bits per heavy atom. The van der Waals surface area contributed by atoms with Gasteiger partial charge in [-0.1, -0.05) is 37.3 Å². The summed E-state index contributed by atoms with van der Waals surface area (Å²) in [4.78, 5) is 37.5. The monoisotopic (exact) mass is 494 g/mol. The van der Waals surface area contributed by atoms with Crippen LogP contribution >= 0.6 is 0 Å². The lowest BCUT2D eigenvalue weighted by Crippen LogP contribution is -2.18. The summed E-state index contributed by atoms with van der Waals surface area (Å²) in [6.45, 7) is 5.82. The molecule has 7 heteroatoms. The van der Waals surface area contributed by atoms with Gasteiger partial charge in [-0.2, -0.15) is 0 Å². The van der Waals surface area contributed by atoms with Gasteiger partial charge in [0.25, 0.3) is 0 Å². The van der Waals surface area contributed by atoms with Gasteiger partial charge in [0.05, 0.1) is 24.3 Å². The minimum atomic E-state index is -0.662. The van der Waals surface area contributed by atoms with Gasteiger partial charge >= 0.3 is 17.6 Å². The SMILES string of the molecule is CCOC(=O)CCCc1c(C(=O)OCC)c2cc(O)c(C(C)CCCc3ccccc3)cc2oc1=O. The number of aryl methyl sites for hydroxylation is 1. The topological polar surface area (TPSA) is 103 Å². The highest BCUT2D eigenvalue weighted by Gasteiger charge is 2.24. The molecule has 3 aromatic rings. The second-order valence-electron chi connectivity index (χ2n) is 8.81. The minimum Gasteiger partial charge on any atom is -0.508 e. The molecule has 0 saturated carbocycles. The molecule has 1 N–H and O–H groups in total. The van der Waals surface area contributed by atoms with E-state index in [0.29, 0.717) is 17.4 Å². The van der Waals surface area contributed by atoms with E-state index < -0.39 is 11.6 Å². The van der Waals surface area contributed by atoms with Gasteiger partial charge in [0.2, 0.25) is 0 Å². The van der Waals surface area contributed by atoms with Crippen molar-refractivity contribution in [1.82, 2.24) is 0 Å². The highest BCUT2D eigenvalue weighted by molar-refractivity contribution is 6.04. The summed E-state index contributed by atoms with van der Waals surface area (Å²) in [6, 6.07) is 13.3. The van der Waals surface area contributed by atoms with E-state index in [2.05, 4.69) is 12.1 Å². The van der Waals surface area contributed by atoms with Crippen LogP contribution in [0.3, 0.4) is 0 Å². The maximum absolute atomic E-state index is 12.9. The zero-order chi connectivity index (χ0) is 26.1. The third-order valence-corrected chi connectivity index (χ3v) is 6.22. The van der Waals surface area contributed by atoms with Gasteiger partial charge in [-0.3, -0.25) is 4.79 Å². The molecule has 2 aromatic carbocycles. The Morgan fingerprint density at radius 1 is 1.00 bits per heavy atom. The predicted octanol–water partition coefficient (Wildman–Crippen LogP) is 5.69. The average Bonchev–Trinajstić information content (AvgIpc) is 2.85. The van der Waals surface area contributed by atoms with Crippen molar-refractivity contribution in [2.45, 2.75) is 65.2 Å². The molecule has 7 nitrogen and oxygen atoms in total. The van der Waals surface area contributed by atoms with Crippen molar-refractivity contribution in [2.75, 3.05) is 13.2 Å². The van der Waals surface area contributed by atoms with E-state index in [1.54, 1.807) is 19.9 Å². The van der Waals surface area contributed by atoms with Crippen LogP contribution in [0.15, 0.2) is 51.7 Å². The van der Waals surface area contributed by atoms with E-state index in [0.717, 1.165) is 19.3 Å². The first-order chi connectivity index (χ1) is 17.3. The normalized spacial score (nSPS) is 11.9. The number of carbonyl (C=O) groups is 2. The zero-order valence-electron chi connectivity index (χ0n) is 21.2. The van der Waals surface area contributed by atoms with Crippen LogP contribution < -0.4 is 5.63 Å². The van der Waals surface area contributed by atoms with Crippen molar-refractivity contribution in [1.29, 1.82) is 0 Å². The maximum atomic E-state index is 12.9. The molecular formula is C29H34O7. The third-order valence-electron chi connectivity index (χ3n) is 6.22. The lowest BCUT2D eigenvalue weighted by molar-refractivity contribution is -0.143. The molecule has 192 valence electrons. The number of phenols is 1. The summed E-state index contributed by atoms with van der Waals surface area (Å²) in [6.07, 6.45) is 3.25. The Kier molecular flexibility index (Phi) is 9.68. The fraction of sp³-hybridized carbons (Fsp3) is 0.414. The van der Waals surface area contributed by atoms with Gasteiger partial charge in [0.15, 0.2) is 0 Å². The molecule has 1 aromatic heterocycles. The largest absolute Gasteiger partial charge is 0.508 e. The van der Waals surface area contributed by atoms with Crippen molar-refractivity contribution in [3.63, 3.8) is 0 Å². The van der Waals surface area contributed by atoms with E-state index in [-0.39, 0.29) is 60.4 Å². The summed E-state index contributed by atoms with van der Waals surface area (Å²) < 4.78 is 15.7. The van der Waals surface area contributed by atoms with Gasteiger partial charge in [-0.25, -0.2) is 9.59 Å². The second-order valence-corrected chi connectivity index (χ2v) is 8.81. The number of ether oxygens (including phenoxy) is 2. The van der Waals surface area contributed by atoms with Crippen molar-refractivity contribution in [3.05, 3.63) is 75.1 Å². The van der Waals surface area contributed by atoms with Crippen LogP contribution in [0.1, 0.15) is 79.4 Å². The highest BCUT2D eigenvalue weighted by atomic mass is 16.5. The average molecular weight is 495 g/mol. The number of rotatable bonds is 12. The summed E-state index contributed by atoms with van der Waals surface area (Å²) in [5.41, 5.74) is 1.69.